The Hall–Kier alpha value is -4.28. The van der Waals surface area contributed by atoms with E-state index in [4.69, 9.17) is 0 Å². The van der Waals surface area contributed by atoms with Gasteiger partial charge in [-0.2, -0.15) is 8.78 Å². The van der Waals surface area contributed by atoms with Crippen molar-refractivity contribution in [2.24, 2.45) is 0 Å². The van der Waals surface area contributed by atoms with Crippen molar-refractivity contribution in [3.8, 4) is 16.9 Å². The van der Waals surface area contributed by atoms with E-state index in [1.807, 2.05) is 0 Å². The van der Waals surface area contributed by atoms with Gasteiger partial charge in [0, 0.05) is 11.6 Å². The van der Waals surface area contributed by atoms with Crippen LogP contribution in [0.5, 0.6) is 5.75 Å². The lowest BCUT2D eigenvalue weighted by molar-refractivity contribution is -0.187. The maximum atomic E-state index is 15.0. The first-order valence-corrected chi connectivity index (χ1v) is 12.1. The van der Waals surface area contributed by atoms with Crippen molar-refractivity contribution in [2.45, 2.75) is 25.9 Å². The van der Waals surface area contributed by atoms with E-state index < -0.39 is 85.7 Å². The van der Waals surface area contributed by atoms with E-state index >= 15 is 8.78 Å². The van der Waals surface area contributed by atoms with Crippen molar-refractivity contribution < 1.29 is 48.6 Å². The van der Waals surface area contributed by atoms with Gasteiger partial charge in [0.2, 0.25) is 0 Å². The summed E-state index contributed by atoms with van der Waals surface area (Å²) in [5, 5.41) is -2.46. The molecule has 0 saturated carbocycles. The van der Waals surface area contributed by atoms with Crippen LogP contribution in [0.25, 0.3) is 32.7 Å². The SMILES string of the molecule is CCCc1ccc2cc(C(F)(F)Oc3ccc(-c4cc(F)c5c(F)c(F)c(F)cc5c4)c(F)c3)c(F)c(F)c2c1F. The van der Waals surface area contributed by atoms with Crippen LogP contribution in [0.15, 0.2) is 54.6 Å². The molecular weight excluding hydrogens is 566 g/mol. The van der Waals surface area contributed by atoms with Gasteiger partial charge in [0.25, 0.3) is 0 Å². The number of alkyl halides is 2. The summed E-state index contributed by atoms with van der Waals surface area (Å²) >= 11 is 0. The van der Waals surface area contributed by atoms with Gasteiger partial charge < -0.3 is 4.74 Å². The van der Waals surface area contributed by atoms with E-state index in [2.05, 4.69) is 4.74 Å². The molecule has 0 N–H and O–H groups in total. The number of benzene rings is 5. The van der Waals surface area contributed by atoms with Crippen LogP contribution in [0.3, 0.4) is 0 Å². The lowest BCUT2D eigenvalue weighted by Gasteiger charge is -2.20. The largest absolute Gasteiger partial charge is 0.429 e. The topological polar surface area (TPSA) is 9.23 Å². The summed E-state index contributed by atoms with van der Waals surface area (Å²) in [5.41, 5.74) is -2.17. The number of fused-ring (bicyclic) bond motifs is 2. The highest BCUT2D eigenvalue weighted by Crippen LogP contribution is 2.39. The summed E-state index contributed by atoms with van der Waals surface area (Å²) in [6, 6.07) is 7.18. The molecule has 0 heterocycles. The van der Waals surface area contributed by atoms with Crippen LogP contribution in [0.4, 0.5) is 43.9 Å². The zero-order valence-corrected chi connectivity index (χ0v) is 20.8. The van der Waals surface area contributed by atoms with Crippen molar-refractivity contribution in [2.75, 3.05) is 0 Å². The van der Waals surface area contributed by atoms with Crippen molar-refractivity contribution in [1.29, 1.82) is 0 Å². The number of aryl methyl sites for hydroxylation is 1. The number of ether oxygens (including phenoxy) is 1. The third-order valence-electron chi connectivity index (χ3n) is 6.56. The number of halogens is 10. The Morgan fingerprint density at radius 1 is 0.610 bits per heavy atom. The molecule has 0 aliphatic rings. The summed E-state index contributed by atoms with van der Waals surface area (Å²) in [5.74, 6) is -13.7. The molecule has 212 valence electrons. The summed E-state index contributed by atoms with van der Waals surface area (Å²) in [7, 11) is 0. The third-order valence-corrected chi connectivity index (χ3v) is 6.56. The molecule has 41 heavy (non-hydrogen) atoms. The summed E-state index contributed by atoms with van der Waals surface area (Å²) in [6.45, 7) is 1.74. The quantitative estimate of drug-likeness (QED) is 0.143. The maximum absolute atomic E-state index is 15.0. The predicted octanol–water partition coefficient (Wildman–Crippen LogP) is 9.85. The Kier molecular flexibility index (Phi) is 7.08. The van der Waals surface area contributed by atoms with Crippen LogP contribution in [0, 0.1) is 46.5 Å². The van der Waals surface area contributed by atoms with Gasteiger partial charge in [0.05, 0.1) is 10.8 Å². The molecule has 0 saturated heterocycles. The normalized spacial score (nSPS) is 12.0. The molecule has 5 aromatic carbocycles. The Balaban J connectivity index is 1.50. The Labute approximate surface area is 225 Å². The number of hydrogen-bond donors (Lipinski definition) is 0. The van der Waals surface area contributed by atoms with Gasteiger partial charge in [-0.15, -0.1) is 0 Å². The molecule has 0 radical (unpaired) electrons. The molecule has 1 nitrogen and oxygen atoms in total. The molecule has 0 fully saturated rings. The monoisotopic (exact) mass is 582 g/mol. The third kappa shape index (κ3) is 4.83. The molecule has 0 aliphatic carbocycles. The first kappa shape index (κ1) is 28.3. The van der Waals surface area contributed by atoms with Gasteiger partial charge in [-0.3, -0.25) is 0 Å². The molecular formula is C30H16F10O. The van der Waals surface area contributed by atoms with E-state index in [1.54, 1.807) is 6.92 Å². The van der Waals surface area contributed by atoms with Crippen LogP contribution in [0.2, 0.25) is 0 Å². The lowest BCUT2D eigenvalue weighted by Crippen LogP contribution is -2.24. The summed E-state index contributed by atoms with van der Waals surface area (Å²) < 4.78 is 149. The van der Waals surface area contributed by atoms with Gasteiger partial charge in [-0.05, 0) is 64.7 Å². The minimum Gasteiger partial charge on any atom is -0.429 e. The van der Waals surface area contributed by atoms with Crippen molar-refractivity contribution >= 4 is 21.5 Å². The zero-order valence-electron chi connectivity index (χ0n) is 20.8. The Morgan fingerprint density at radius 2 is 1.32 bits per heavy atom. The fourth-order valence-corrected chi connectivity index (χ4v) is 4.64. The highest BCUT2D eigenvalue weighted by Gasteiger charge is 2.40. The number of rotatable bonds is 6. The van der Waals surface area contributed by atoms with E-state index in [9.17, 15) is 35.1 Å². The van der Waals surface area contributed by atoms with Crippen LogP contribution in [0.1, 0.15) is 24.5 Å². The highest BCUT2D eigenvalue weighted by atomic mass is 19.3. The minimum atomic E-state index is -4.56. The molecule has 0 aliphatic heterocycles. The molecule has 5 rings (SSSR count). The average Bonchev–Trinajstić information content (AvgIpc) is 2.90. The molecule has 0 aromatic heterocycles. The van der Waals surface area contributed by atoms with E-state index in [1.165, 1.54) is 6.07 Å². The highest BCUT2D eigenvalue weighted by molar-refractivity contribution is 5.89. The van der Waals surface area contributed by atoms with Gasteiger partial charge in [0.1, 0.15) is 28.8 Å². The first-order valence-electron chi connectivity index (χ1n) is 12.1. The molecule has 0 bridgehead atoms. The second kappa shape index (κ2) is 10.3. The van der Waals surface area contributed by atoms with Crippen LogP contribution in [-0.4, -0.2) is 0 Å². The van der Waals surface area contributed by atoms with Crippen molar-refractivity contribution in [3.63, 3.8) is 0 Å². The van der Waals surface area contributed by atoms with E-state index in [0.29, 0.717) is 30.7 Å². The Bertz CT molecular complexity index is 1850. The number of hydrogen-bond acceptors (Lipinski definition) is 1. The maximum Gasteiger partial charge on any atom is 0.429 e. The fourth-order valence-electron chi connectivity index (χ4n) is 4.64. The van der Waals surface area contributed by atoms with Gasteiger partial charge >= 0.3 is 6.11 Å². The van der Waals surface area contributed by atoms with Gasteiger partial charge in [-0.1, -0.05) is 25.5 Å². The molecule has 5 aromatic rings. The molecule has 0 atom stereocenters. The lowest BCUT2D eigenvalue weighted by atomic mass is 9.99. The van der Waals surface area contributed by atoms with Gasteiger partial charge in [-0.25, -0.2) is 35.1 Å². The van der Waals surface area contributed by atoms with Crippen molar-refractivity contribution in [1.82, 2.24) is 0 Å². The standard InChI is InChI=1S/C30H16F10O/c1-2-3-13-4-5-14-9-19(26(35)29(38)24(14)25(13)34)30(39,40)41-17-6-7-18(20(31)12-17)15-8-16-11-22(33)27(36)28(37)23(16)21(32)10-15/h4-12H,2-3H2,1H3. The van der Waals surface area contributed by atoms with E-state index in [-0.39, 0.29) is 22.9 Å². The smallest absolute Gasteiger partial charge is 0.429 e. The second-order valence-electron chi connectivity index (χ2n) is 9.24. The van der Waals surface area contributed by atoms with Crippen LogP contribution >= 0.6 is 0 Å². The molecule has 0 amide bonds. The second-order valence-corrected chi connectivity index (χ2v) is 9.24. The fraction of sp³-hybridized carbons (Fsp3) is 0.133. The zero-order chi connectivity index (χ0) is 29.8. The van der Waals surface area contributed by atoms with Crippen molar-refractivity contribution in [3.05, 3.63) is 112 Å². The molecule has 0 unspecified atom stereocenters. The average molecular weight is 582 g/mol. The molecule has 11 heteroatoms. The van der Waals surface area contributed by atoms with Crippen LogP contribution in [-0.2, 0) is 12.5 Å². The van der Waals surface area contributed by atoms with E-state index in [0.717, 1.165) is 24.3 Å². The Morgan fingerprint density at radius 3 is 2.00 bits per heavy atom. The summed E-state index contributed by atoms with van der Waals surface area (Å²) in [6.07, 6.45) is -3.85. The predicted molar refractivity (Wildman–Crippen MR) is 132 cm³/mol. The van der Waals surface area contributed by atoms with Crippen LogP contribution < -0.4 is 4.74 Å². The molecule has 0 spiro atoms. The first-order chi connectivity index (χ1) is 19.3. The van der Waals surface area contributed by atoms with Gasteiger partial charge in [0.15, 0.2) is 29.1 Å². The minimum absolute atomic E-state index is 0.0818. The summed E-state index contributed by atoms with van der Waals surface area (Å²) in [4.78, 5) is 0.